The molecule has 1 aromatic rings. The standard InChI is InChI=1S/C14H19BrN2O2S/c1-3-19-13(18)14(16-2)7-6-11(8-14)20-12-5-4-10(15)9-17-12/h4-5,9,11,16H,3,6-8H2,1-2H3. The first-order chi connectivity index (χ1) is 9.59. The zero-order valence-corrected chi connectivity index (χ0v) is 14.1. The number of aromatic nitrogens is 1. The van der Waals surface area contributed by atoms with Crippen LogP contribution in [0, 0.1) is 0 Å². The molecule has 2 rings (SSSR count). The van der Waals surface area contributed by atoms with E-state index in [-0.39, 0.29) is 5.97 Å². The number of likely N-dealkylation sites (N-methyl/N-ethyl adjacent to an activating group) is 1. The molecular formula is C14H19BrN2O2S. The van der Waals surface area contributed by atoms with Crippen molar-refractivity contribution in [2.45, 2.75) is 42.0 Å². The number of nitrogens with one attached hydrogen (secondary N) is 1. The van der Waals surface area contributed by atoms with Gasteiger partial charge in [0.2, 0.25) is 0 Å². The van der Waals surface area contributed by atoms with Crippen molar-refractivity contribution in [1.29, 1.82) is 0 Å². The Bertz CT molecular complexity index is 469. The van der Waals surface area contributed by atoms with E-state index in [0.29, 0.717) is 11.9 Å². The van der Waals surface area contributed by atoms with Crippen LogP contribution >= 0.6 is 27.7 Å². The number of rotatable bonds is 5. The molecule has 1 aliphatic carbocycles. The number of carbonyl (C=O) groups excluding carboxylic acids is 1. The van der Waals surface area contributed by atoms with Crippen molar-refractivity contribution in [3.05, 3.63) is 22.8 Å². The Morgan fingerprint density at radius 3 is 3.05 bits per heavy atom. The monoisotopic (exact) mass is 358 g/mol. The Balaban J connectivity index is 2.00. The number of pyridine rings is 1. The molecule has 1 fully saturated rings. The van der Waals surface area contributed by atoms with E-state index >= 15 is 0 Å². The summed E-state index contributed by atoms with van der Waals surface area (Å²) in [4.78, 5) is 16.5. The van der Waals surface area contributed by atoms with Crippen LogP contribution in [0.2, 0.25) is 0 Å². The molecule has 0 spiro atoms. The highest BCUT2D eigenvalue weighted by atomic mass is 79.9. The number of carbonyl (C=O) groups is 1. The lowest BCUT2D eigenvalue weighted by Crippen LogP contribution is -2.49. The molecule has 110 valence electrons. The molecule has 1 aromatic heterocycles. The van der Waals surface area contributed by atoms with E-state index in [1.54, 1.807) is 18.0 Å². The zero-order valence-electron chi connectivity index (χ0n) is 11.7. The summed E-state index contributed by atoms with van der Waals surface area (Å²) in [7, 11) is 1.84. The minimum Gasteiger partial charge on any atom is -0.465 e. The molecule has 1 saturated carbocycles. The molecular weight excluding hydrogens is 340 g/mol. The average molecular weight is 359 g/mol. The number of thioether (sulfide) groups is 1. The largest absolute Gasteiger partial charge is 0.465 e. The molecule has 0 amide bonds. The number of nitrogens with zero attached hydrogens (tertiary/aromatic N) is 1. The third-order valence-electron chi connectivity index (χ3n) is 3.60. The maximum Gasteiger partial charge on any atom is 0.326 e. The molecule has 4 nitrogen and oxygen atoms in total. The summed E-state index contributed by atoms with van der Waals surface area (Å²) < 4.78 is 6.18. The van der Waals surface area contributed by atoms with Gasteiger partial charge in [0, 0.05) is 15.9 Å². The van der Waals surface area contributed by atoms with Crippen molar-refractivity contribution >= 4 is 33.7 Å². The highest BCUT2D eigenvalue weighted by Gasteiger charge is 2.45. The van der Waals surface area contributed by atoms with Gasteiger partial charge < -0.3 is 10.1 Å². The highest BCUT2D eigenvalue weighted by molar-refractivity contribution is 9.10. The summed E-state index contributed by atoms with van der Waals surface area (Å²) in [5.41, 5.74) is -0.525. The predicted octanol–water partition coefficient (Wildman–Crippen LogP) is 3.01. The van der Waals surface area contributed by atoms with Gasteiger partial charge in [0.25, 0.3) is 0 Å². The Kier molecular flexibility index (Phi) is 5.46. The van der Waals surface area contributed by atoms with E-state index in [9.17, 15) is 4.79 Å². The van der Waals surface area contributed by atoms with Crippen molar-refractivity contribution in [1.82, 2.24) is 10.3 Å². The van der Waals surface area contributed by atoms with Crippen molar-refractivity contribution < 1.29 is 9.53 Å². The number of hydrogen-bond acceptors (Lipinski definition) is 5. The van der Waals surface area contributed by atoms with Gasteiger partial charge in [-0.1, -0.05) is 0 Å². The van der Waals surface area contributed by atoms with Crippen LogP contribution in [-0.4, -0.2) is 35.4 Å². The summed E-state index contributed by atoms with van der Waals surface area (Å²) in [6.45, 7) is 2.27. The van der Waals surface area contributed by atoms with Crippen LogP contribution in [0.3, 0.4) is 0 Å². The minimum absolute atomic E-state index is 0.130. The van der Waals surface area contributed by atoms with Crippen LogP contribution in [0.4, 0.5) is 0 Å². The van der Waals surface area contributed by atoms with Gasteiger partial charge in [0.05, 0.1) is 11.6 Å². The summed E-state index contributed by atoms with van der Waals surface area (Å²) in [5, 5.41) is 4.55. The normalized spacial score (nSPS) is 25.6. The fourth-order valence-corrected chi connectivity index (χ4v) is 3.93. The van der Waals surface area contributed by atoms with E-state index in [0.717, 1.165) is 28.8 Å². The lowest BCUT2D eigenvalue weighted by molar-refractivity contribution is -0.150. The lowest BCUT2D eigenvalue weighted by Gasteiger charge is -2.26. The maximum absolute atomic E-state index is 12.1. The second-order valence-electron chi connectivity index (χ2n) is 4.85. The lowest BCUT2D eigenvalue weighted by atomic mass is 9.98. The van der Waals surface area contributed by atoms with Gasteiger partial charge in [0.1, 0.15) is 5.54 Å². The van der Waals surface area contributed by atoms with Crippen LogP contribution in [0.25, 0.3) is 0 Å². The second kappa shape index (κ2) is 6.91. The van der Waals surface area contributed by atoms with E-state index in [1.807, 2.05) is 26.1 Å². The number of hydrogen-bond donors (Lipinski definition) is 1. The predicted molar refractivity (Wildman–Crippen MR) is 83.9 cm³/mol. The summed E-state index contributed by atoms with van der Waals surface area (Å²) >= 11 is 5.11. The molecule has 2 unspecified atom stereocenters. The molecule has 0 aromatic carbocycles. The quantitative estimate of drug-likeness (QED) is 0.819. The molecule has 1 aliphatic rings. The van der Waals surface area contributed by atoms with Crippen molar-refractivity contribution in [2.75, 3.05) is 13.7 Å². The van der Waals surface area contributed by atoms with Crippen LogP contribution in [0.1, 0.15) is 26.2 Å². The molecule has 2 atom stereocenters. The summed E-state index contributed by atoms with van der Waals surface area (Å²) in [6.07, 6.45) is 4.39. The molecule has 0 saturated heterocycles. The molecule has 20 heavy (non-hydrogen) atoms. The molecule has 6 heteroatoms. The average Bonchev–Trinajstić information content (AvgIpc) is 2.86. The van der Waals surface area contributed by atoms with E-state index in [2.05, 4.69) is 26.2 Å². The van der Waals surface area contributed by atoms with Crippen molar-refractivity contribution in [3.8, 4) is 0 Å². The van der Waals surface area contributed by atoms with Gasteiger partial charge in [-0.2, -0.15) is 0 Å². The van der Waals surface area contributed by atoms with Crippen LogP contribution in [-0.2, 0) is 9.53 Å². The zero-order chi connectivity index (χ0) is 14.6. The number of esters is 1. The van der Waals surface area contributed by atoms with E-state index in [4.69, 9.17) is 4.74 Å². The fraction of sp³-hybridized carbons (Fsp3) is 0.571. The maximum atomic E-state index is 12.1. The van der Waals surface area contributed by atoms with Gasteiger partial charge in [-0.15, -0.1) is 11.8 Å². The Hall–Kier alpha value is -0.590. The SMILES string of the molecule is CCOC(=O)C1(NC)CCC(Sc2ccc(Br)cn2)C1. The summed E-state index contributed by atoms with van der Waals surface area (Å²) in [5.74, 6) is -0.130. The second-order valence-corrected chi connectivity index (χ2v) is 7.09. The van der Waals surface area contributed by atoms with Gasteiger partial charge in [0.15, 0.2) is 0 Å². The van der Waals surface area contributed by atoms with Gasteiger partial charge in [-0.3, -0.25) is 4.79 Å². The first kappa shape index (κ1) is 15.8. The van der Waals surface area contributed by atoms with Gasteiger partial charge in [-0.25, -0.2) is 4.98 Å². The third kappa shape index (κ3) is 3.54. The molecule has 0 aliphatic heterocycles. The number of ether oxygens (including phenoxy) is 1. The van der Waals surface area contributed by atoms with Crippen LogP contribution < -0.4 is 5.32 Å². The van der Waals surface area contributed by atoms with Crippen LogP contribution in [0.5, 0.6) is 0 Å². The first-order valence-corrected chi connectivity index (χ1v) is 8.41. The highest BCUT2D eigenvalue weighted by Crippen LogP contribution is 2.40. The molecule has 1 N–H and O–H groups in total. The number of halogens is 1. The minimum atomic E-state index is -0.525. The molecule has 0 bridgehead atoms. The Morgan fingerprint density at radius 1 is 1.65 bits per heavy atom. The van der Waals surface area contributed by atoms with E-state index < -0.39 is 5.54 Å². The van der Waals surface area contributed by atoms with E-state index in [1.165, 1.54) is 0 Å². The Labute approximate surface area is 132 Å². The topological polar surface area (TPSA) is 51.2 Å². The molecule has 1 heterocycles. The van der Waals surface area contributed by atoms with Gasteiger partial charge in [-0.05, 0) is 61.3 Å². The van der Waals surface area contributed by atoms with Crippen molar-refractivity contribution in [3.63, 3.8) is 0 Å². The van der Waals surface area contributed by atoms with Gasteiger partial charge >= 0.3 is 5.97 Å². The Morgan fingerprint density at radius 2 is 2.45 bits per heavy atom. The fourth-order valence-electron chi connectivity index (χ4n) is 2.49. The van der Waals surface area contributed by atoms with Crippen LogP contribution in [0.15, 0.2) is 27.8 Å². The van der Waals surface area contributed by atoms with Crippen molar-refractivity contribution in [2.24, 2.45) is 0 Å². The first-order valence-electron chi connectivity index (χ1n) is 6.74. The summed E-state index contributed by atoms with van der Waals surface area (Å²) in [6, 6.07) is 3.99. The molecule has 0 radical (unpaired) electrons. The smallest absolute Gasteiger partial charge is 0.326 e. The third-order valence-corrected chi connectivity index (χ3v) is 5.29.